The molecule has 0 saturated heterocycles. The quantitative estimate of drug-likeness (QED) is 0.646. The molecule has 25 heavy (non-hydrogen) atoms. The molecule has 1 aliphatic heterocycles. The van der Waals surface area contributed by atoms with E-state index in [4.69, 9.17) is 4.74 Å². The third-order valence-electron chi connectivity index (χ3n) is 4.03. The fraction of sp³-hybridized carbons (Fsp3) is 0.294. The molecule has 1 N–H and O–H groups in total. The van der Waals surface area contributed by atoms with Crippen molar-refractivity contribution in [1.82, 2.24) is 4.98 Å². The molecule has 2 aromatic rings. The molecule has 1 aromatic carbocycles. The van der Waals surface area contributed by atoms with E-state index < -0.39 is 16.0 Å². The Morgan fingerprint density at radius 3 is 2.76 bits per heavy atom. The van der Waals surface area contributed by atoms with Crippen LogP contribution in [0, 0.1) is 0 Å². The number of sulfonamides is 1. The molecule has 0 atom stereocenters. The summed E-state index contributed by atoms with van der Waals surface area (Å²) in [5.74, 6) is -0.932. The van der Waals surface area contributed by atoms with Gasteiger partial charge in [0.05, 0.1) is 11.9 Å². The van der Waals surface area contributed by atoms with Crippen LogP contribution in [0.4, 0.5) is 5.69 Å². The maximum atomic E-state index is 12.3. The van der Waals surface area contributed by atoms with Gasteiger partial charge in [-0.1, -0.05) is 0 Å². The van der Waals surface area contributed by atoms with Crippen LogP contribution in [0.2, 0.25) is 0 Å². The molecule has 1 aromatic heterocycles. The molecule has 0 aliphatic carbocycles. The van der Waals surface area contributed by atoms with Crippen molar-refractivity contribution in [2.45, 2.75) is 12.8 Å². The van der Waals surface area contributed by atoms with Gasteiger partial charge < -0.3 is 9.72 Å². The average molecular weight is 362 g/mol. The number of nitrogens with zero attached hydrogens (tertiary/aromatic N) is 1. The number of nitrogens with one attached hydrogen (secondary N) is 1. The second kappa shape index (κ2) is 6.72. The smallest absolute Gasteiger partial charge is 0.355 e. The van der Waals surface area contributed by atoms with Crippen LogP contribution in [0.3, 0.4) is 0 Å². The Bertz CT molecular complexity index is 903. The summed E-state index contributed by atoms with van der Waals surface area (Å²) in [5, 5.41) is 0. The van der Waals surface area contributed by atoms with Gasteiger partial charge in [0, 0.05) is 18.3 Å². The van der Waals surface area contributed by atoms with Crippen LogP contribution in [0.1, 0.15) is 32.8 Å². The van der Waals surface area contributed by atoms with Gasteiger partial charge in [0.25, 0.3) is 0 Å². The van der Waals surface area contributed by atoms with Gasteiger partial charge in [-0.05, 0) is 48.7 Å². The highest BCUT2D eigenvalue weighted by Gasteiger charge is 2.24. The number of hydrogen-bond donors (Lipinski definition) is 1. The second-order valence-electron chi connectivity index (χ2n) is 5.87. The van der Waals surface area contributed by atoms with Crippen molar-refractivity contribution in [3.63, 3.8) is 0 Å². The Morgan fingerprint density at radius 1 is 1.28 bits per heavy atom. The Kier molecular flexibility index (Phi) is 4.63. The third-order valence-corrected chi connectivity index (χ3v) is 5.21. The molecule has 1 aliphatic rings. The van der Waals surface area contributed by atoms with Crippen LogP contribution in [0.5, 0.6) is 0 Å². The fourth-order valence-corrected chi connectivity index (χ4v) is 3.83. The zero-order valence-corrected chi connectivity index (χ0v) is 14.5. The summed E-state index contributed by atoms with van der Waals surface area (Å²) in [6, 6.07) is 8.10. The first-order valence-corrected chi connectivity index (χ1v) is 9.65. The van der Waals surface area contributed by atoms with E-state index in [1.165, 1.54) is 10.6 Å². The minimum atomic E-state index is -3.34. The zero-order valence-electron chi connectivity index (χ0n) is 13.7. The number of anilines is 1. The molecule has 0 amide bonds. The largest absolute Gasteiger partial charge is 0.453 e. The van der Waals surface area contributed by atoms with E-state index in [-0.39, 0.29) is 18.1 Å². The number of aryl methyl sites for hydroxylation is 1. The van der Waals surface area contributed by atoms with E-state index in [1.54, 1.807) is 36.5 Å². The molecule has 0 radical (unpaired) electrons. The van der Waals surface area contributed by atoms with Crippen molar-refractivity contribution in [2.75, 3.05) is 23.7 Å². The van der Waals surface area contributed by atoms with Gasteiger partial charge in [0.2, 0.25) is 10.0 Å². The minimum absolute atomic E-state index is 0.280. The highest BCUT2D eigenvalue weighted by atomic mass is 32.2. The van der Waals surface area contributed by atoms with Crippen LogP contribution >= 0.6 is 0 Å². The number of fused-ring (bicyclic) bond motifs is 1. The number of carbonyl (C=O) groups is 2. The van der Waals surface area contributed by atoms with Gasteiger partial charge in [0.1, 0.15) is 5.69 Å². The van der Waals surface area contributed by atoms with Crippen molar-refractivity contribution in [1.29, 1.82) is 0 Å². The van der Waals surface area contributed by atoms with Crippen LogP contribution in [-0.2, 0) is 21.2 Å². The van der Waals surface area contributed by atoms with Crippen molar-refractivity contribution in [3.05, 3.63) is 53.3 Å². The van der Waals surface area contributed by atoms with E-state index in [2.05, 4.69) is 4.98 Å². The summed E-state index contributed by atoms with van der Waals surface area (Å²) >= 11 is 0. The standard InChI is InChI=1S/C17H18N2O5S/c1-25(22,23)19-9-3-4-12-10-13(6-7-15(12)19)16(20)11-24-17(21)14-5-2-8-18-14/h2,5-8,10,18H,3-4,9,11H2,1H3. The summed E-state index contributed by atoms with van der Waals surface area (Å²) in [4.78, 5) is 26.7. The lowest BCUT2D eigenvalue weighted by molar-refractivity contribution is 0.0469. The van der Waals surface area contributed by atoms with Crippen molar-refractivity contribution < 1.29 is 22.7 Å². The lowest BCUT2D eigenvalue weighted by Crippen LogP contribution is -2.34. The maximum Gasteiger partial charge on any atom is 0.355 e. The number of ketones is 1. The zero-order chi connectivity index (χ0) is 18.0. The topological polar surface area (TPSA) is 96.5 Å². The molecule has 0 spiro atoms. The van der Waals surface area contributed by atoms with E-state index in [0.717, 1.165) is 5.56 Å². The minimum Gasteiger partial charge on any atom is -0.453 e. The maximum absolute atomic E-state index is 12.3. The Labute approximate surface area is 145 Å². The molecular weight excluding hydrogens is 344 g/mol. The third kappa shape index (κ3) is 3.74. The predicted molar refractivity (Wildman–Crippen MR) is 92.4 cm³/mol. The average Bonchev–Trinajstić information content (AvgIpc) is 3.12. The molecular formula is C17H18N2O5S. The first-order chi connectivity index (χ1) is 11.9. The SMILES string of the molecule is CS(=O)(=O)N1CCCc2cc(C(=O)COC(=O)c3ccc[nH]3)ccc21. The van der Waals surface area contributed by atoms with Crippen molar-refractivity contribution in [3.8, 4) is 0 Å². The first kappa shape index (κ1) is 17.2. The molecule has 0 saturated carbocycles. The number of aromatic amines is 1. The molecule has 0 bridgehead atoms. The molecule has 0 fully saturated rings. The number of esters is 1. The number of carbonyl (C=O) groups excluding carboxylic acids is 2. The number of benzene rings is 1. The number of ether oxygens (including phenoxy) is 1. The van der Waals surface area contributed by atoms with Gasteiger partial charge in [-0.25, -0.2) is 13.2 Å². The monoisotopic (exact) mass is 362 g/mol. The molecule has 2 heterocycles. The fourth-order valence-electron chi connectivity index (χ4n) is 2.83. The summed E-state index contributed by atoms with van der Waals surface area (Å²) in [5.41, 5.74) is 2.09. The number of hydrogen-bond acceptors (Lipinski definition) is 5. The Morgan fingerprint density at radius 2 is 2.08 bits per heavy atom. The van der Waals surface area contributed by atoms with Crippen LogP contribution in [0.15, 0.2) is 36.5 Å². The van der Waals surface area contributed by atoms with Crippen molar-refractivity contribution >= 4 is 27.5 Å². The van der Waals surface area contributed by atoms with Crippen LogP contribution < -0.4 is 4.31 Å². The van der Waals surface area contributed by atoms with E-state index in [0.29, 0.717) is 30.6 Å². The number of Topliss-reactive ketones (excluding diaryl/α,β-unsaturated/α-hetero) is 1. The summed E-state index contributed by atoms with van der Waals surface area (Å²) in [6.07, 6.45) is 4.15. The van der Waals surface area contributed by atoms with Crippen molar-refractivity contribution in [2.24, 2.45) is 0 Å². The van der Waals surface area contributed by atoms with Gasteiger partial charge in [-0.15, -0.1) is 0 Å². The van der Waals surface area contributed by atoms with E-state index >= 15 is 0 Å². The molecule has 0 unspecified atom stereocenters. The van der Waals surface area contributed by atoms with Crippen LogP contribution in [0.25, 0.3) is 0 Å². The van der Waals surface area contributed by atoms with Gasteiger partial charge in [-0.2, -0.15) is 0 Å². The summed E-state index contributed by atoms with van der Waals surface area (Å²) in [7, 11) is -3.34. The number of H-pyrrole nitrogens is 1. The number of aromatic nitrogens is 1. The van der Waals surface area contributed by atoms with Gasteiger partial charge in [0.15, 0.2) is 12.4 Å². The summed E-state index contributed by atoms with van der Waals surface area (Å²) < 4.78 is 30.1. The van der Waals surface area contributed by atoms with Crippen LogP contribution in [-0.4, -0.2) is 44.6 Å². The Hall–Kier alpha value is -2.61. The molecule has 7 nitrogen and oxygen atoms in total. The Balaban J connectivity index is 1.73. The lowest BCUT2D eigenvalue weighted by atomic mass is 9.99. The molecule has 3 rings (SSSR count). The highest BCUT2D eigenvalue weighted by molar-refractivity contribution is 7.92. The molecule has 132 valence electrons. The van der Waals surface area contributed by atoms with E-state index in [1.807, 2.05) is 0 Å². The summed E-state index contributed by atoms with van der Waals surface area (Å²) in [6.45, 7) is 0.0688. The van der Waals surface area contributed by atoms with Gasteiger partial charge in [-0.3, -0.25) is 9.10 Å². The first-order valence-electron chi connectivity index (χ1n) is 7.80. The molecule has 8 heteroatoms. The number of rotatable bonds is 5. The lowest BCUT2D eigenvalue weighted by Gasteiger charge is -2.29. The highest BCUT2D eigenvalue weighted by Crippen LogP contribution is 2.30. The second-order valence-corrected chi connectivity index (χ2v) is 7.77. The normalized spacial score (nSPS) is 14.0. The van der Waals surface area contributed by atoms with E-state index in [9.17, 15) is 18.0 Å². The van der Waals surface area contributed by atoms with Gasteiger partial charge >= 0.3 is 5.97 Å². The predicted octanol–water partition coefficient (Wildman–Crippen LogP) is 1.77.